The van der Waals surface area contributed by atoms with Gasteiger partial charge in [0.05, 0.1) is 22.5 Å². The van der Waals surface area contributed by atoms with Crippen molar-refractivity contribution in [1.29, 1.82) is 0 Å². The van der Waals surface area contributed by atoms with Crippen LogP contribution in [0.4, 0.5) is 11.4 Å². The first-order valence-corrected chi connectivity index (χ1v) is 12.6. The first-order valence-electron chi connectivity index (χ1n) is 12.6. The highest BCUT2D eigenvalue weighted by Crippen LogP contribution is 2.43. The van der Waals surface area contributed by atoms with E-state index in [4.69, 9.17) is 0 Å². The molecule has 2 saturated heterocycles. The van der Waals surface area contributed by atoms with Crippen molar-refractivity contribution in [2.24, 2.45) is 11.8 Å². The van der Waals surface area contributed by atoms with Crippen molar-refractivity contribution >= 4 is 35.0 Å². The quantitative estimate of drug-likeness (QED) is 0.710. The number of para-hydroxylation sites is 2. The van der Waals surface area contributed by atoms with Crippen LogP contribution in [0, 0.1) is 11.8 Å². The van der Waals surface area contributed by atoms with Crippen LogP contribution in [-0.2, 0) is 9.59 Å². The van der Waals surface area contributed by atoms with Crippen molar-refractivity contribution in [2.75, 3.05) is 29.9 Å². The number of carbonyl (C=O) groups excluding carboxylic acids is 4. The maximum atomic E-state index is 13.4. The number of likely N-dealkylation sites (tertiary alicyclic amines) is 1. The van der Waals surface area contributed by atoms with Crippen LogP contribution in [0.1, 0.15) is 60.7 Å². The summed E-state index contributed by atoms with van der Waals surface area (Å²) in [5.41, 5.74) is 0.932. The lowest BCUT2D eigenvalue weighted by Gasteiger charge is -2.48. The molecule has 3 heterocycles. The van der Waals surface area contributed by atoms with Gasteiger partial charge in [0, 0.05) is 19.5 Å². The predicted molar refractivity (Wildman–Crippen MR) is 137 cm³/mol. The minimum absolute atomic E-state index is 0.0659. The molecular weight excluding hydrogens is 456 g/mol. The minimum atomic E-state index is -0.921. The molecule has 3 atom stereocenters. The van der Waals surface area contributed by atoms with Crippen LogP contribution in [0.2, 0.25) is 0 Å². The van der Waals surface area contributed by atoms with Crippen molar-refractivity contribution in [2.45, 2.75) is 45.7 Å². The lowest BCUT2D eigenvalue weighted by atomic mass is 9.91. The fourth-order valence-corrected chi connectivity index (χ4v) is 6.05. The lowest BCUT2D eigenvalue weighted by Crippen LogP contribution is -2.63. The Morgan fingerprint density at radius 1 is 1.00 bits per heavy atom. The summed E-state index contributed by atoms with van der Waals surface area (Å²) in [6.07, 6.45) is 1.84. The molecule has 0 bridgehead atoms. The molecular formula is C28H32N4O4. The number of amides is 4. The molecule has 0 radical (unpaired) electrons. The smallest absolute Gasteiger partial charge is 0.258 e. The standard InChI is InChI=1S/C28H32N4O4/c1-18-14-19(2)16-30(15-18)26(35)20-8-4-6-10-22(20)29-24(33)17-31-27(36)21-9-5-7-11-23(21)32-25(34)12-13-28(31,32)3/h4-11,18-19H,12-17H2,1-3H3,(H,29,33). The summed E-state index contributed by atoms with van der Waals surface area (Å²) in [7, 11) is 0. The van der Waals surface area contributed by atoms with Crippen LogP contribution in [0.15, 0.2) is 48.5 Å². The second kappa shape index (κ2) is 9.08. The van der Waals surface area contributed by atoms with Gasteiger partial charge in [-0.3, -0.25) is 24.1 Å². The number of carbonyl (C=O) groups is 4. The summed E-state index contributed by atoms with van der Waals surface area (Å²) >= 11 is 0. The van der Waals surface area contributed by atoms with Crippen molar-refractivity contribution in [3.05, 3.63) is 59.7 Å². The van der Waals surface area contributed by atoms with E-state index in [1.807, 2.05) is 11.8 Å². The normalized spacial score (nSPS) is 25.5. The summed E-state index contributed by atoms with van der Waals surface area (Å²) in [6.45, 7) is 7.28. The average Bonchev–Trinajstić information content (AvgIpc) is 3.16. The maximum Gasteiger partial charge on any atom is 0.258 e. The third-order valence-electron chi connectivity index (χ3n) is 7.63. The Labute approximate surface area is 211 Å². The summed E-state index contributed by atoms with van der Waals surface area (Å²) in [4.78, 5) is 57.8. The van der Waals surface area contributed by atoms with Gasteiger partial charge in [0.2, 0.25) is 11.8 Å². The molecule has 5 rings (SSSR count). The Kier molecular flexibility index (Phi) is 6.06. The molecule has 0 aromatic heterocycles. The molecule has 0 saturated carbocycles. The highest BCUT2D eigenvalue weighted by molar-refractivity contribution is 6.12. The van der Waals surface area contributed by atoms with E-state index in [1.165, 1.54) is 4.90 Å². The molecule has 2 fully saturated rings. The van der Waals surface area contributed by atoms with Gasteiger partial charge < -0.3 is 15.1 Å². The van der Waals surface area contributed by atoms with Crippen LogP contribution in [-0.4, -0.2) is 58.7 Å². The lowest BCUT2D eigenvalue weighted by molar-refractivity contribution is -0.120. The second-order valence-electron chi connectivity index (χ2n) is 10.6. The molecule has 0 spiro atoms. The van der Waals surface area contributed by atoms with E-state index >= 15 is 0 Å². The Morgan fingerprint density at radius 2 is 1.67 bits per heavy atom. The number of piperidine rings is 1. The highest BCUT2D eigenvalue weighted by atomic mass is 16.2. The van der Waals surface area contributed by atoms with Gasteiger partial charge in [-0.25, -0.2) is 0 Å². The fraction of sp³-hybridized carbons (Fsp3) is 0.429. The highest BCUT2D eigenvalue weighted by Gasteiger charge is 2.53. The van der Waals surface area contributed by atoms with Crippen LogP contribution < -0.4 is 10.2 Å². The van der Waals surface area contributed by atoms with Crippen molar-refractivity contribution in [3.8, 4) is 0 Å². The number of rotatable bonds is 4. The number of nitrogens with one attached hydrogen (secondary N) is 1. The average molecular weight is 489 g/mol. The van der Waals surface area contributed by atoms with Crippen LogP contribution >= 0.6 is 0 Å². The van der Waals surface area contributed by atoms with Gasteiger partial charge in [-0.05, 0) is 55.9 Å². The van der Waals surface area contributed by atoms with Gasteiger partial charge in [0.25, 0.3) is 11.8 Å². The molecule has 3 aliphatic rings. The topological polar surface area (TPSA) is 90.0 Å². The first kappa shape index (κ1) is 24.0. The Balaban J connectivity index is 1.38. The van der Waals surface area contributed by atoms with E-state index in [1.54, 1.807) is 53.4 Å². The Morgan fingerprint density at radius 3 is 2.42 bits per heavy atom. The zero-order chi connectivity index (χ0) is 25.6. The first-order chi connectivity index (χ1) is 17.2. The fourth-order valence-electron chi connectivity index (χ4n) is 6.05. The summed E-state index contributed by atoms with van der Waals surface area (Å²) in [5, 5.41) is 2.87. The van der Waals surface area contributed by atoms with Gasteiger partial charge in [-0.1, -0.05) is 38.1 Å². The van der Waals surface area contributed by atoms with Gasteiger partial charge in [0.1, 0.15) is 12.2 Å². The third-order valence-corrected chi connectivity index (χ3v) is 7.63. The largest absolute Gasteiger partial charge is 0.338 e. The Hall–Kier alpha value is -3.68. The summed E-state index contributed by atoms with van der Waals surface area (Å²) in [5.74, 6) is -0.0233. The number of hydrogen-bond acceptors (Lipinski definition) is 4. The van der Waals surface area contributed by atoms with E-state index < -0.39 is 11.6 Å². The molecule has 4 amide bonds. The number of hydrogen-bond donors (Lipinski definition) is 1. The molecule has 8 heteroatoms. The molecule has 188 valence electrons. The monoisotopic (exact) mass is 488 g/mol. The predicted octanol–water partition coefficient (Wildman–Crippen LogP) is 3.74. The van der Waals surface area contributed by atoms with E-state index in [9.17, 15) is 19.2 Å². The minimum Gasteiger partial charge on any atom is -0.338 e. The zero-order valence-electron chi connectivity index (χ0n) is 21.0. The van der Waals surface area contributed by atoms with E-state index in [2.05, 4.69) is 19.2 Å². The van der Waals surface area contributed by atoms with Crippen molar-refractivity contribution in [1.82, 2.24) is 9.80 Å². The van der Waals surface area contributed by atoms with Crippen LogP contribution in [0.3, 0.4) is 0 Å². The maximum absolute atomic E-state index is 13.4. The summed E-state index contributed by atoms with van der Waals surface area (Å²) in [6, 6.07) is 14.0. The summed E-state index contributed by atoms with van der Waals surface area (Å²) < 4.78 is 0. The second-order valence-corrected chi connectivity index (χ2v) is 10.6. The SMILES string of the molecule is CC1CC(C)CN(C(=O)c2ccccc2NC(=O)CN2C(=O)c3ccccc3N3C(=O)CCC23C)C1. The molecule has 36 heavy (non-hydrogen) atoms. The zero-order valence-corrected chi connectivity index (χ0v) is 21.0. The van der Waals surface area contributed by atoms with E-state index in [0.717, 1.165) is 6.42 Å². The molecule has 2 aromatic carbocycles. The molecule has 0 aliphatic carbocycles. The van der Waals surface area contributed by atoms with Gasteiger partial charge in [-0.15, -0.1) is 0 Å². The number of nitrogens with zero attached hydrogens (tertiary/aromatic N) is 3. The number of benzene rings is 2. The van der Waals surface area contributed by atoms with E-state index in [0.29, 0.717) is 60.3 Å². The molecule has 3 aliphatic heterocycles. The van der Waals surface area contributed by atoms with Gasteiger partial charge >= 0.3 is 0 Å². The number of anilines is 2. The third kappa shape index (κ3) is 4.04. The van der Waals surface area contributed by atoms with Crippen LogP contribution in [0.5, 0.6) is 0 Å². The molecule has 8 nitrogen and oxygen atoms in total. The van der Waals surface area contributed by atoms with Crippen LogP contribution in [0.25, 0.3) is 0 Å². The van der Waals surface area contributed by atoms with E-state index in [-0.39, 0.29) is 24.3 Å². The molecule has 3 unspecified atom stereocenters. The molecule has 1 N–H and O–H groups in total. The van der Waals surface area contributed by atoms with Gasteiger partial charge in [0.15, 0.2) is 0 Å². The molecule has 2 aromatic rings. The van der Waals surface area contributed by atoms with Gasteiger partial charge in [-0.2, -0.15) is 0 Å². The van der Waals surface area contributed by atoms with Crippen molar-refractivity contribution in [3.63, 3.8) is 0 Å². The number of fused-ring (bicyclic) bond motifs is 3. The van der Waals surface area contributed by atoms with Crippen molar-refractivity contribution < 1.29 is 19.2 Å². The Bertz CT molecular complexity index is 1230.